The van der Waals surface area contributed by atoms with E-state index in [4.69, 9.17) is 0 Å². The normalized spacial score (nSPS) is 17.7. The number of Topliss-reactive ketones (excluding diaryl/α,β-unsaturated/α-hetero) is 1. The van der Waals surface area contributed by atoms with Gasteiger partial charge in [0.05, 0.1) is 17.4 Å². The number of nitrogens with one attached hydrogen (secondary N) is 2. The average molecular weight is 410 g/mol. The van der Waals surface area contributed by atoms with Crippen LogP contribution in [0.15, 0.2) is 84.1 Å². The Morgan fingerprint density at radius 1 is 0.871 bits per heavy atom. The molecule has 2 aliphatic rings. The highest BCUT2D eigenvalue weighted by molar-refractivity contribution is 6.10. The van der Waals surface area contributed by atoms with Gasteiger partial charge in [-0.1, -0.05) is 42.5 Å². The average Bonchev–Trinajstić information content (AvgIpc) is 2.96. The number of allylic oxidation sites excluding steroid dienone is 1. The molecule has 1 heterocycles. The van der Waals surface area contributed by atoms with Gasteiger partial charge in [0.2, 0.25) is 0 Å². The Labute approximate surface area is 180 Å². The number of rotatable bonds is 3. The predicted octanol–water partition coefficient (Wildman–Crippen LogP) is 5.21. The molecule has 0 saturated heterocycles. The van der Waals surface area contributed by atoms with Crippen molar-refractivity contribution >= 4 is 22.9 Å². The standard InChI is InChI=1S/C26H22N2O3/c29-19-9-4-8-17(14-19)25-24-21(10-5-11-23(24)30)27-22-15-18(12-13-20(22)28-25)26(31)16-6-2-1-3-7-16/h1-4,6-9,12-15,25,27-29H,5,10-11H2. The van der Waals surface area contributed by atoms with E-state index in [1.165, 1.54) is 0 Å². The topological polar surface area (TPSA) is 78.4 Å². The Morgan fingerprint density at radius 3 is 2.52 bits per heavy atom. The lowest BCUT2D eigenvalue weighted by Crippen LogP contribution is -2.23. The zero-order chi connectivity index (χ0) is 21.4. The van der Waals surface area contributed by atoms with E-state index in [-0.39, 0.29) is 23.4 Å². The van der Waals surface area contributed by atoms with E-state index in [1.54, 1.807) is 36.4 Å². The number of hydrogen-bond acceptors (Lipinski definition) is 5. The lowest BCUT2D eigenvalue weighted by molar-refractivity contribution is -0.116. The first kappa shape index (κ1) is 19.1. The summed E-state index contributed by atoms with van der Waals surface area (Å²) in [6.45, 7) is 0. The number of phenolic OH excluding ortho intramolecular Hbond substituents is 1. The third kappa shape index (κ3) is 3.59. The first-order valence-corrected chi connectivity index (χ1v) is 10.4. The van der Waals surface area contributed by atoms with E-state index in [2.05, 4.69) is 10.6 Å². The minimum Gasteiger partial charge on any atom is -0.508 e. The second kappa shape index (κ2) is 7.76. The molecule has 0 saturated carbocycles. The highest BCUT2D eigenvalue weighted by Crippen LogP contribution is 2.41. The predicted molar refractivity (Wildman–Crippen MR) is 120 cm³/mol. The van der Waals surface area contributed by atoms with Gasteiger partial charge in [0.25, 0.3) is 0 Å². The van der Waals surface area contributed by atoms with Crippen LogP contribution < -0.4 is 10.6 Å². The number of fused-ring (bicyclic) bond motifs is 1. The lowest BCUT2D eigenvalue weighted by Gasteiger charge is -2.25. The van der Waals surface area contributed by atoms with Crippen molar-refractivity contribution in [3.63, 3.8) is 0 Å². The highest BCUT2D eigenvalue weighted by atomic mass is 16.3. The Bertz CT molecular complexity index is 1210. The molecule has 31 heavy (non-hydrogen) atoms. The van der Waals surface area contributed by atoms with Crippen molar-refractivity contribution in [2.24, 2.45) is 0 Å². The van der Waals surface area contributed by atoms with E-state index in [9.17, 15) is 14.7 Å². The Morgan fingerprint density at radius 2 is 1.71 bits per heavy atom. The molecule has 1 aliphatic carbocycles. The maximum absolute atomic E-state index is 12.9. The molecule has 5 rings (SSSR count). The SMILES string of the molecule is O=C1CCCC2=C1C(c1cccc(O)c1)Nc1ccc(C(=O)c3ccccc3)cc1N2. The fourth-order valence-electron chi connectivity index (χ4n) is 4.34. The van der Waals surface area contributed by atoms with Gasteiger partial charge in [-0.25, -0.2) is 0 Å². The number of phenols is 1. The fourth-order valence-corrected chi connectivity index (χ4v) is 4.34. The zero-order valence-electron chi connectivity index (χ0n) is 16.9. The summed E-state index contributed by atoms with van der Waals surface area (Å²) in [5.41, 5.74) is 5.19. The summed E-state index contributed by atoms with van der Waals surface area (Å²) in [7, 11) is 0. The van der Waals surface area contributed by atoms with E-state index < -0.39 is 0 Å². The summed E-state index contributed by atoms with van der Waals surface area (Å²) in [5.74, 6) is 0.210. The number of carbonyl (C=O) groups is 2. The molecular weight excluding hydrogens is 388 g/mol. The van der Waals surface area contributed by atoms with Gasteiger partial charge >= 0.3 is 0 Å². The summed E-state index contributed by atoms with van der Waals surface area (Å²) in [4.78, 5) is 25.8. The minimum absolute atomic E-state index is 0.0482. The zero-order valence-corrected chi connectivity index (χ0v) is 16.9. The van der Waals surface area contributed by atoms with Crippen LogP contribution in [0.3, 0.4) is 0 Å². The van der Waals surface area contributed by atoms with Gasteiger partial charge in [0.15, 0.2) is 11.6 Å². The summed E-state index contributed by atoms with van der Waals surface area (Å²) >= 11 is 0. The summed E-state index contributed by atoms with van der Waals surface area (Å²) in [5, 5.41) is 16.9. The van der Waals surface area contributed by atoms with E-state index in [0.717, 1.165) is 35.5 Å². The van der Waals surface area contributed by atoms with Crippen LogP contribution in [-0.2, 0) is 4.79 Å². The molecule has 1 aliphatic heterocycles. The Balaban J connectivity index is 1.59. The van der Waals surface area contributed by atoms with Crippen LogP contribution >= 0.6 is 0 Å². The molecule has 1 unspecified atom stereocenters. The quantitative estimate of drug-likeness (QED) is 0.517. The van der Waals surface area contributed by atoms with Gasteiger partial charge in [0, 0.05) is 28.8 Å². The van der Waals surface area contributed by atoms with E-state index in [0.29, 0.717) is 23.1 Å². The number of ketones is 2. The van der Waals surface area contributed by atoms with Crippen LogP contribution in [0.2, 0.25) is 0 Å². The summed E-state index contributed by atoms with van der Waals surface area (Å²) in [6.07, 6.45) is 2.05. The number of benzene rings is 3. The number of aromatic hydroxyl groups is 1. The highest BCUT2D eigenvalue weighted by Gasteiger charge is 2.32. The molecule has 0 radical (unpaired) electrons. The molecule has 3 N–H and O–H groups in total. The Hall–Kier alpha value is -3.86. The molecule has 0 aromatic heterocycles. The van der Waals surface area contributed by atoms with Crippen LogP contribution in [0.5, 0.6) is 5.75 Å². The van der Waals surface area contributed by atoms with Crippen LogP contribution in [0.1, 0.15) is 46.8 Å². The fraction of sp³-hybridized carbons (Fsp3) is 0.154. The third-order valence-corrected chi connectivity index (χ3v) is 5.85. The second-order valence-electron chi connectivity index (χ2n) is 7.92. The number of carbonyl (C=O) groups excluding carboxylic acids is 2. The van der Waals surface area contributed by atoms with Crippen LogP contribution in [-0.4, -0.2) is 16.7 Å². The van der Waals surface area contributed by atoms with Gasteiger partial charge in [-0.05, 0) is 48.7 Å². The Kier molecular flexibility index (Phi) is 4.79. The van der Waals surface area contributed by atoms with Crippen molar-refractivity contribution in [2.75, 3.05) is 10.6 Å². The van der Waals surface area contributed by atoms with Gasteiger partial charge in [-0.15, -0.1) is 0 Å². The van der Waals surface area contributed by atoms with E-state index in [1.807, 2.05) is 36.4 Å². The maximum atomic E-state index is 12.9. The smallest absolute Gasteiger partial charge is 0.193 e. The number of anilines is 2. The van der Waals surface area contributed by atoms with Crippen LogP contribution in [0, 0.1) is 0 Å². The minimum atomic E-state index is -0.376. The monoisotopic (exact) mass is 410 g/mol. The maximum Gasteiger partial charge on any atom is 0.193 e. The molecule has 0 spiro atoms. The first-order chi connectivity index (χ1) is 15.1. The van der Waals surface area contributed by atoms with Crippen molar-refractivity contribution in [3.8, 4) is 5.75 Å². The lowest BCUT2D eigenvalue weighted by atomic mass is 9.86. The molecular formula is C26H22N2O3. The van der Waals surface area contributed by atoms with Crippen molar-refractivity contribution < 1.29 is 14.7 Å². The molecule has 0 bridgehead atoms. The largest absolute Gasteiger partial charge is 0.508 e. The molecule has 3 aromatic rings. The number of hydrogen-bond donors (Lipinski definition) is 3. The van der Waals surface area contributed by atoms with Crippen molar-refractivity contribution in [2.45, 2.75) is 25.3 Å². The van der Waals surface area contributed by atoms with Crippen molar-refractivity contribution in [1.82, 2.24) is 0 Å². The van der Waals surface area contributed by atoms with Crippen molar-refractivity contribution in [1.29, 1.82) is 0 Å². The molecule has 5 nitrogen and oxygen atoms in total. The van der Waals surface area contributed by atoms with Crippen LogP contribution in [0.25, 0.3) is 0 Å². The first-order valence-electron chi connectivity index (χ1n) is 10.4. The third-order valence-electron chi connectivity index (χ3n) is 5.85. The van der Waals surface area contributed by atoms with Gasteiger partial charge < -0.3 is 15.7 Å². The molecule has 0 amide bonds. The summed E-state index contributed by atoms with van der Waals surface area (Å²) < 4.78 is 0. The van der Waals surface area contributed by atoms with Gasteiger partial charge in [-0.3, -0.25) is 9.59 Å². The molecule has 1 atom stereocenters. The van der Waals surface area contributed by atoms with Gasteiger partial charge in [0.1, 0.15) is 5.75 Å². The molecule has 5 heteroatoms. The van der Waals surface area contributed by atoms with E-state index >= 15 is 0 Å². The van der Waals surface area contributed by atoms with Gasteiger partial charge in [-0.2, -0.15) is 0 Å². The summed E-state index contributed by atoms with van der Waals surface area (Å²) in [6, 6.07) is 21.3. The molecule has 0 fully saturated rings. The van der Waals surface area contributed by atoms with Crippen molar-refractivity contribution in [3.05, 3.63) is 101 Å². The molecule has 154 valence electrons. The second-order valence-corrected chi connectivity index (χ2v) is 7.92. The molecule has 3 aromatic carbocycles. The van der Waals surface area contributed by atoms with Crippen LogP contribution in [0.4, 0.5) is 11.4 Å².